The van der Waals surface area contributed by atoms with Gasteiger partial charge in [-0.3, -0.25) is 9.59 Å². The second kappa shape index (κ2) is 31.6. The summed E-state index contributed by atoms with van der Waals surface area (Å²) in [6, 6.07) is 75.4. The minimum Gasteiger partial charge on any atom is -0.481 e. The van der Waals surface area contributed by atoms with Crippen LogP contribution in [0.25, 0.3) is 44.5 Å². The number of carbonyl (C=O) groups excluding carboxylic acids is 1. The number of carbonyl (C=O) groups is 2. The van der Waals surface area contributed by atoms with Crippen LogP contribution >= 0.6 is 0 Å². The van der Waals surface area contributed by atoms with E-state index in [1.165, 1.54) is 33.4 Å². The first-order valence-electron chi connectivity index (χ1n) is 27.8. The number of carboxylic acid groups (broad SMARTS) is 1. The molecule has 0 heterocycles. The normalized spacial score (nSPS) is 11.1. The van der Waals surface area contributed by atoms with E-state index in [9.17, 15) is 14.7 Å². The summed E-state index contributed by atoms with van der Waals surface area (Å²) < 4.78 is 0. The third kappa shape index (κ3) is 19.6. The van der Waals surface area contributed by atoms with E-state index in [1.807, 2.05) is 72.8 Å². The number of nitrogens with zero attached hydrogens (tertiary/aromatic N) is 2. The molecule has 0 unspecified atom stereocenters. The van der Waals surface area contributed by atoms with Crippen molar-refractivity contribution in [3.63, 3.8) is 0 Å². The van der Waals surface area contributed by atoms with Crippen molar-refractivity contribution < 1.29 is 14.7 Å². The zero-order chi connectivity index (χ0) is 54.8. The molecule has 0 spiro atoms. The molecule has 6 heteroatoms. The van der Waals surface area contributed by atoms with Gasteiger partial charge in [-0.1, -0.05) is 246 Å². The molecule has 77 heavy (non-hydrogen) atoms. The second-order valence-electron chi connectivity index (χ2n) is 21.3. The Morgan fingerprint density at radius 2 is 0.662 bits per heavy atom. The van der Waals surface area contributed by atoms with Gasteiger partial charge >= 0.3 is 5.97 Å². The molecule has 0 fully saturated rings. The van der Waals surface area contributed by atoms with E-state index >= 15 is 0 Å². The Kier molecular flexibility index (Phi) is 24.2. The molecule has 0 atom stereocenters. The molecule has 0 aliphatic carbocycles. The summed E-state index contributed by atoms with van der Waals surface area (Å²) in [6.45, 7) is 12.7. The highest BCUT2D eigenvalue weighted by molar-refractivity contribution is 5.78. The average molecular weight is 1030 g/mol. The zero-order valence-electron chi connectivity index (χ0n) is 46.6. The molecule has 0 bridgehead atoms. The van der Waals surface area contributed by atoms with Gasteiger partial charge in [0.2, 0.25) is 5.91 Å². The van der Waals surface area contributed by atoms with Crippen molar-refractivity contribution >= 4 is 11.9 Å². The van der Waals surface area contributed by atoms with Crippen molar-refractivity contribution in [2.24, 2.45) is 17.6 Å². The van der Waals surface area contributed by atoms with Gasteiger partial charge in [-0.25, -0.2) is 0 Å². The van der Waals surface area contributed by atoms with E-state index in [0.29, 0.717) is 18.3 Å². The van der Waals surface area contributed by atoms with Gasteiger partial charge in [0.25, 0.3) is 0 Å². The predicted octanol–water partition coefficient (Wildman–Crippen LogP) is 16.8. The highest BCUT2D eigenvalue weighted by Crippen LogP contribution is 2.34. The summed E-state index contributed by atoms with van der Waals surface area (Å²) in [6.07, 6.45) is 6.08. The Morgan fingerprint density at radius 3 is 0.896 bits per heavy atom. The molecule has 8 aromatic carbocycles. The second-order valence-corrected chi connectivity index (χ2v) is 21.3. The maximum atomic E-state index is 14.0. The van der Waals surface area contributed by atoms with E-state index < -0.39 is 5.97 Å². The standard InChI is InChI=1S/C39H47NO.C27H22O2.C5H14N2/c1-30(2)13-11-27-40(28-12-14-31(3)4)39(41)29-38(36-23-19-34(20-24-36)32-15-7-5-8-16-32)37-25-21-35(22-26-37)33-17-9-6-10-18-33;28-27(29)19-26(24-15-11-22(12-16-24)20-7-3-1-4-8-20)25-17-13-23(14-18-25)21-9-5-2-6-10-21;1-7(2)5-3-4-6/h5-10,15-26,30-31,38H,11-14,27-29H2,1-4H3;1-18,26H,19H2,(H,28,29);3-6H2,1-2H3. The van der Waals surface area contributed by atoms with Crippen LogP contribution in [0, 0.1) is 11.8 Å². The Balaban J connectivity index is 0.000000231. The molecule has 0 aliphatic heterocycles. The van der Waals surface area contributed by atoms with E-state index in [0.717, 1.165) is 91.7 Å². The van der Waals surface area contributed by atoms with E-state index in [-0.39, 0.29) is 24.2 Å². The maximum absolute atomic E-state index is 14.0. The number of hydrogen-bond acceptors (Lipinski definition) is 4. The van der Waals surface area contributed by atoms with Crippen LogP contribution in [0.5, 0.6) is 0 Å². The molecule has 400 valence electrons. The lowest BCUT2D eigenvalue weighted by Crippen LogP contribution is -2.34. The predicted molar refractivity (Wildman–Crippen MR) is 325 cm³/mol. The monoisotopic (exact) mass is 1030 g/mol. The average Bonchev–Trinajstić information content (AvgIpc) is 3.46. The Bertz CT molecular complexity index is 2710. The number of carboxylic acids is 1. The van der Waals surface area contributed by atoms with E-state index in [4.69, 9.17) is 5.73 Å². The van der Waals surface area contributed by atoms with Crippen molar-refractivity contribution in [3.8, 4) is 44.5 Å². The molecule has 1 amide bonds. The highest BCUT2D eigenvalue weighted by Gasteiger charge is 2.23. The molecule has 8 aromatic rings. The van der Waals surface area contributed by atoms with Crippen LogP contribution in [0.2, 0.25) is 0 Å². The van der Waals surface area contributed by atoms with Gasteiger partial charge in [-0.2, -0.15) is 0 Å². The number of amides is 1. The Morgan fingerprint density at radius 1 is 0.390 bits per heavy atom. The first-order chi connectivity index (χ1) is 37.4. The molecular formula is C71H83N3O3. The SMILES string of the molecule is CC(C)CCCN(CCCC(C)C)C(=O)CC(c1ccc(-c2ccccc2)cc1)c1ccc(-c2ccccc2)cc1.CN(C)CCCN.O=C(O)CC(c1ccc(-c2ccccc2)cc1)c1ccc(-c2ccccc2)cc1. The zero-order valence-corrected chi connectivity index (χ0v) is 46.6. The van der Waals surface area contributed by atoms with Crippen LogP contribution in [0.3, 0.4) is 0 Å². The smallest absolute Gasteiger partial charge is 0.304 e. The van der Waals surface area contributed by atoms with Crippen molar-refractivity contribution in [2.45, 2.75) is 84.5 Å². The summed E-state index contributed by atoms with van der Waals surface area (Å²) >= 11 is 0. The van der Waals surface area contributed by atoms with Crippen molar-refractivity contribution in [3.05, 3.63) is 241 Å². The number of benzene rings is 8. The third-order valence-electron chi connectivity index (χ3n) is 14.0. The fourth-order valence-electron chi connectivity index (χ4n) is 9.64. The quantitative estimate of drug-likeness (QED) is 0.0667. The Labute approximate surface area is 461 Å². The number of hydrogen-bond donors (Lipinski definition) is 2. The molecule has 0 aromatic heterocycles. The van der Waals surface area contributed by atoms with Gasteiger partial charge in [-0.15, -0.1) is 0 Å². The minimum absolute atomic E-state index is 0.00912. The van der Waals surface area contributed by atoms with Crippen LogP contribution in [0.1, 0.15) is 107 Å². The van der Waals surface area contributed by atoms with Gasteiger partial charge in [0.1, 0.15) is 0 Å². The van der Waals surface area contributed by atoms with Crippen LogP contribution in [0.4, 0.5) is 0 Å². The fourth-order valence-corrected chi connectivity index (χ4v) is 9.64. The summed E-state index contributed by atoms with van der Waals surface area (Å²) in [5, 5.41) is 9.47. The van der Waals surface area contributed by atoms with Crippen molar-refractivity contribution in [1.82, 2.24) is 9.80 Å². The topological polar surface area (TPSA) is 86.9 Å². The van der Waals surface area contributed by atoms with Gasteiger partial charge in [-0.05, 0) is 138 Å². The molecule has 3 N–H and O–H groups in total. The molecule has 0 radical (unpaired) electrons. The highest BCUT2D eigenvalue weighted by atomic mass is 16.4. The number of nitrogens with two attached hydrogens (primary N) is 1. The molecular weight excluding hydrogens is 943 g/mol. The molecule has 0 saturated heterocycles. The fraction of sp³-hybridized carbons (Fsp3) is 0.296. The van der Waals surface area contributed by atoms with Crippen LogP contribution < -0.4 is 5.73 Å². The van der Waals surface area contributed by atoms with Crippen molar-refractivity contribution in [1.29, 1.82) is 0 Å². The van der Waals surface area contributed by atoms with E-state index in [1.54, 1.807) is 0 Å². The first-order valence-corrected chi connectivity index (χ1v) is 27.8. The van der Waals surface area contributed by atoms with E-state index in [2.05, 4.69) is 197 Å². The summed E-state index contributed by atoms with van der Waals surface area (Å²) in [7, 11) is 4.10. The molecule has 8 rings (SSSR count). The lowest BCUT2D eigenvalue weighted by atomic mass is 9.86. The van der Waals surface area contributed by atoms with Crippen LogP contribution in [-0.4, -0.2) is 67.1 Å². The molecule has 6 nitrogen and oxygen atoms in total. The number of rotatable bonds is 23. The lowest BCUT2D eigenvalue weighted by molar-refractivity contribution is -0.137. The van der Waals surface area contributed by atoms with Gasteiger partial charge in [0.15, 0.2) is 0 Å². The van der Waals surface area contributed by atoms with Crippen molar-refractivity contribution in [2.75, 3.05) is 40.3 Å². The summed E-state index contributed by atoms with van der Waals surface area (Å²) in [5.74, 6) is 0.608. The van der Waals surface area contributed by atoms with Crippen LogP contribution in [0.15, 0.2) is 218 Å². The molecule has 0 saturated carbocycles. The summed E-state index contributed by atoms with van der Waals surface area (Å²) in [5.41, 5.74) is 19.0. The van der Waals surface area contributed by atoms with Gasteiger partial charge in [0, 0.05) is 31.3 Å². The summed E-state index contributed by atoms with van der Waals surface area (Å²) in [4.78, 5) is 29.8. The molecule has 0 aliphatic rings. The lowest BCUT2D eigenvalue weighted by Gasteiger charge is -2.27. The number of aliphatic carboxylic acids is 1. The Hall–Kier alpha value is -7.38. The minimum atomic E-state index is -0.797. The maximum Gasteiger partial charge on any atom is 0.304 e. The van der Waals surface area contributed by atoms with Gasteiger partial charge in [0.05, 0.1) is 6.42 Å². The third-order valence-corrected chi connectivity index (χ3v) is 14.0. The first kappa shape index (κ1) is 58.9. The largest absolute Gasteiger partial charge is 0.481 e. The van der Waals surface area contributed by atoms with Crippen LogP contribution in [-0.2, 0) is 9.59 Å². The van der Waals surface area contributed by atoms with Gasteiger partial charge < -0.3 is 20.6 Å².